The first-order valence-electron chi connectivity index (χ1n) is 10.8. The highest BCUT2D eigenvalue weighted by Crippen LogP contribution is 2.28. The zero-order valence-electron chi connectivity index (χ0n) is 18.1. The van der Waals surface area contributed by atoms with E-state index in [9.17, 15) is 4.79 Å². The number of carbonyl (C=O) groups excluding carboxylic acids is 1. The molecular weight excluding hydrogens is 372 g/mol. The minimum atomic E-state index is -0.455. The maximum atomic E-state index is 13.2. The topological polar surface area (TPSA) is 32.8 Å². The summed E-state index contributed by atoms with van der Waals surface area (Å²) in [6.45, 7) is 9.48. The van der Waals surface area contributed by atoms with Crippen molar-refractivity contribution in [2.45, 2.75) is 33.3 Å². The summed E-state index contributed by atoms with van der Waals surface area (Å²) in [5, 5.41) is 2.17. The van der Waals surface area contributed by atoms with Crippen LogP contribution in [0.25, 0.3) is 10.8 Å². The van der Waals surface area contributed by atoms with Crippen LogP contribution in [0.3, 0.4) is 0 Å². The van der Waals surface area contributed by atoms with E-state index < -0.39 is 6.10 Å². The average Bonchev–Trinajstić information content (AvgIpc) is 2.79. The molecule has 1 saturated heterocycles. The molecule has 1 heterocycles. The number of aryl methyl sites for hydroxylation is 1. The Kier molecular flexibility index (Phi) is 5.93. The first-order chi connectivity index (χ1) is 14.6. The first-order valence-corrected chi connectivity index (χ1v) is 10.8. The van der Waals surface area contributed by atoms with Gasteiger partial charge in [0.1, 0.15) is 5.75 Å². The maximum absolute atomic E-state index is 13.2. The van der Waals surface area contributed by atoms with Gasteiger partial charge in [0.05, 0.1) is 0 Å². The van der Waals surface area contributed by atoms with Crippen LogP contribution < -0.4 is 9.64 Å². The second kappa shape index (κ2) is 8.78. The molecule has 0 spiro atoms. The van der Waals surface area contributed by atoms with E-state index in [1.807, 2.05) is 42.2 Å². The number of amides is 1. The van der Waals surface area contributed by atoms with Crippen molar-refractivity contribution in [1.29, 1.82) is 0 Å². The predicted octanol–water partition coefficient (Wildman–Crippen LogP) is 4.96. The summed E-state index contributed by atoms with van der Waals surface area (Å²) in [6, 6.07) is 20.6. The van der Waals surface area contributed by atoms with Crippen molar-refractivity contribution in [1.82, 2.24) is 4.90 Å². The monoisotopic (exact) mass is 402 g/mol. The fraction of sp³-hybridized carbons (Fsp3) is 0.346. The molecule has 1 fully saturated rings. The molecule has 30 heavy (non-hydrogen) atoms. The van der Waals surface area contributed by atoms with Gasteiger partial charge in [0, 0.05) is 37.3 Å². The number of carbonyl (C=O) groups is 1. The third-order valence-corrected chi connectivity index (χ3v) is 6.17. The number of hydrogen-bond donors (Lipinski definition) is 0. The van der Waals surface area contributed by atoms with Gasteiger partial charge in [-0.3, -0.25) is 4.79 Å². The lowest BCUT2D eigenvalue weighted by molar-refractivity contribution is -0.139. The van der Waals surface area contributed by atoms with Crippen molar-refractivity contribution in [3.63, 3.8) is 0 Å². The van der Waals surface area contributed by atoms with Gasteiger partial charge in [0.15, 0.2) is 6.10 Å². The van der Waals surface area contributed by atoms with E-state index in [4.69, 9.17) is 4.74 Å². The summed E-state index contributed by atoms with van der Waals surface area (Å²) >= 11 is 0. The van der Waals surface area contributed by atoms with E-state index in [2.05, 4.69) is 49.1 Å². The summed E-state index contributed by atoms with van der Waals surface area (Å²) in [5.41, 5.74) is 3.91. The summed E-state index contributed by atoms with van der Waals surface area (Å²) in [7, 11) is 0. The Morgan fingerprint density at radius 1 is 0.933 bits per heavy atom. The fourth-order valence-corrected chi connectivity index (χ4v) is 4.21. The number of ether oxygens (including phenoxy) is 1. The lowest BCUT2D eigenvalue weighted by atomic mass is 10.1. The van der Waals surface area contributed by atoms with Crippen molar-refractivity contribution in [2.75, 3.05) is 31.1 Å². The van der Waals surface area contributed by atoms with E-state index in [1.54, 1.807) is 0 Å². The smallest absolute Gasteiger partial charge is 0.263 e. The number of rotatable bonds is 5. The average molecular weight is 403 g/mol. The van der Waals surface area contributed by atoms with Gasteiger partial charge in [0.25, 0.3) is 5.91 Å². The highest BCUT2D eigenvalue weighted by atomic mass is 16.5. The summed E-state index contributed by atoms with van der Waals surface area (Å²) in [6.07, 6.45) is 0.197. The molecular formula is C26H30N2O2. The van der Waals surface area contributed by atoms with Crippen LogP contribution in [0.4, 0.5) is 5.69 Å². The van der Waals surface area contributed by atoms with E-state index >= 15 is 0 Å². The first kappa shape index (κ1) is 20.3. The van der Waals surface area contributed by atoms with Crippen LogP contribution >= 0.6 is 0 Å². The quantitative estimate of drug-likeness (QED) is 0.604. The molecule has 0 unspecified atom stereocenters. The van der Waals surface area contributed by atoms with Crippen molar-refractivity contribution in [2.24, 2.45) is 0 Å². The van der Waals surface area contributed by atoms with Crippen molar-refractivity contribution >= 4 is 22.4 Å². The van der Waals surface area contributed by atoms with Gasteiger partial charge in [-0.2, -0.15) is 0 Å². The van der Waals surface area contributed by atoms with Gasteiger partial charge >= 0.3 is 0 Å². The number of fused-ring (bicyclic) bond motifs is 1. The maximum Gasteiger partial charge on any atom is 0.263 e. The van der Waals surface area contributed by atoms with Gasteiger partial charge in [-0.25, -0.2) is 0 Å². The molecule has 1 atom stereocenters. The molecule has 1 amide bonds. The summed E-state index contributed by atoms with van der Waals surface area (Å²) < 4.78 is 6.23. The molecule has 3 aromatic rings. The Morgan fingerprint density at radius 3 is 2.40 bits per heavy atom. The highest BCUT2D eigenvalue weighted by molar-refractivity contribution is 5.89. The van der Waals surface area contributed by atoms with Crippen molar-refractivity contribution < 1.29 is 9.53 Å². The van der Waals surface area contributed by atoms with Crippen LogP contribution in [0.2, 0.25) is 0 Å². The second-order valence-corrected chi connectivity index (χ2v) is 8.02. The molecule has 4 heteroatoms. The van der Waals surface area contributed by atoms with Crippen molar-refractivity contribution in [3.8, 4) is 5.75 Å². The summed E-state index contributed by atoms with van der Waals surface area (Å²) in [4.78, 5) is 17.6. The fourth-order valence-electron chi connectivity index (χ4n) is 4.21. The number of piperazine rings is 1. The number of nitrogens with zero attached hydrogens (tertiary/aromatic N) is 2. The minimum absolute atomic E-state index is 0.0889. The van der Waals surface area contributed by atoms with Gasteiger partial charge in [-0.15, -0.1) is 0 Å². The standard InChI is InChI=1S/C26H30N2O2/c1-4-24(30-25-14-8-11-21-10-5-6-12-22(21)25)26(29)28-17-15-27(16-18-28)23-13-7-9-19(2)20(23)3/h5-14,24H,4,15-18H2,1-3H3/t24-/m1/s1. The number of hydrogen-bond acceptors (Lipinski definition) is 3. The second-order valence-electron chi connectivity index (χ2n) is 8.02. The molecule has 0 bridgehead atoms. The van der Waals surface area contributed by atoms with E-state index in [1.165, 1.54) is 16.8 Å². The molecule has 0 aliphatic carbocycles. The van der Waals surface area contributed by atoms with Gasteiger partial charge in [-0.1, -0.05) is 55.5 Å². The third-order valence-electron chi connectivity index (χ3n) is 6.17. The Hall–Kier alpha value is -3.01. The molecule has 4 nitrogen and oxygen atoms in total. The van der Waals surface area contributed by atoms with Crippen LogP contribution in [-0.2, 0) is 4.79 Å². The normalized spacial score (nSPS) is 15.3. The zero-order chi connectivity index (χ0) is 21.1. The lowest BCUT2D eigenvalue weighted by Crippen LogP contribution is -2.52. The molecule has 0 N–H and O–H groups in total. The Morgan fingerprint density at radius 2 is 1.63 bits per heavy atom. The van der Waals surface area contributed by atoms with E-state index in [-0.39, 0.29) is 5.91 Å². The molecule has 4 rings (SSSR count). The molecule has 1 aliphatic rings. The Labute approximate surface area is 179 Å². The van der Waals surface area contributed by atoms with Crippen molar-refractivity contribution in [3.05, 3.63) is 71.8 Å². The van der Waals surface area contributed by atoms with Crippen LogP contribution in [0.1, 0.15) is 24.5 Å². The largest absolute Gasteiger partial charge is 0.480 e. The third kappa shape index (κ3) is 4.00. The van der Waals surface area contributed by atoms with E-state index in [0.717, 1.165) is 42.7 Å². The molecule has 1 aliphatic heterocycles. The predicted molar refractivity (Wildman–Crippen MR) is 123 cm³/mol. The van der Waals surface area contributed by atoms with Gasteiger partial charge < -0.3 is 14.5 Å². The van der Waals surface area contributed by atoms with E-state index in [0.29, 0.717) is 6.42 Å². The number of anilines is 1. The van der Waals surface area contributed by atoms with Crippen LogP contribution in [0, 0.1) is 13.8 Å². The SMILES string of the molecule is CC[C@@H](Oc1cccc2ccccc12)C(=O)N1CCN(c2cccc(C)c2C)CC1. The minimum Gasteiger partial charge on any atom is -0.480 e. The Balaban J connectivity index is 1.44. The highest BCUT2D eigenvalue weighted by Gasteiger charge is 2.28. The molecule has 0 radical (unpaired) electrons. The van der Waals surface area contributed by atoms with Gasteiger partial charge in [-0.05, 0) is 48.9 Å². The molecule has 156 valence electrons. The van der Waals surface area contributed by atoms with Gasteiger partial charge in [0.2, 0.25) is 0 Å². The zero-order valence-corrected chi connectivity index (χ0v) is 18.1. The molecule has 3 aromatic carbocycles. The Bertz CT molecular complexity index is 1030. The molecule has 0 aromatic heterocycles. The molecule has 0 saturated carbocycles. The lowest BCUT2D eigenvalue weighted by Gasteiger charge is -2.38. The van der Waals surface area contributed by atoms with Crippen LogP contribution in [-0.4, -0.2) is 43.1 Å². The summed E-state index contributed by atoms with van der Waals surface area (Å²) in [5.74, 6) is 0.869. The van der Waals surface area contributed by atoms with Crippen LogP contribution in [0.15, 0.2) is 60.7 Å². The van der Waals surface area contributed by atoms with Crippen LogP contribution in [0.5, 0.6) is 5.75 Å². The number of benzene rings is 3.